The molecule has 0 atom stereocenters. The van der Waals surface area contributed by atoms with Gasteiger partial charge in [0.2, 0.25) is 17.7 Å². The summed E-state index contributed by atoms with van der Waals surface area (Å²) in [6.07, 6.45) is 0. The first-order valence-electron chi connectivity index (χ1n) is 7.59. The largest absolute Gasteiger partial charge is 0.490 e. The number of benzene rings is 1. The summed E-state index contributed by atoms with van der Waals surface area (Å²) in [4.78, 5) is 19.7. The Morgan fingerprint density at radius 1 is 1.07 bits per heavy atom. The van der Waals surface area contributed by atoms with Crippen molar-refractivity contribution in [3.05, 3.63) is 30.3 Å². The van der Waals surface area contributed by atoms with Crippen molar-refractivity contribution in [2.75, 3.05) is 26.1 Å². The Bertz CT molecular complexity index is 889. The van der Waals surface area contributed by atoms with Crippen molar-refractivity contribution in [1.82, 2.24) is 14.7 Å². The SMILES string of the molecule is CCOc1ccccc1OS(=O)(=O)NC(=O)Nc1nc(OC)cc(OC)n1.[Na]. The minimum atomic E-state index is -4.49. The summed E-state index contributed by atoms with van der Waals surface area (Å²) in [5, 5.41) is 2.15. The van der Waals surface area contributed by atoms with E-state index in [2.05, 4.69) is 15.3 Å². The monoisotopic (exact) mass is 421 g/mol. The van der Waals surface area contributed by atoms with E-state index < -0.39 is 16.3 Å². The van der Waals surface area contributed by atoms with Crippen LogP contribution in [0, 0.1) is 0 Å². The van der Waals surface area contributed by atoms with Crippen molar-refractivity contribution in [3.8, 4) is 23.3 Å². The topological polar surface area (TPSA) is 138 Å². The van der Waals surface area contributed by atoms with Crippen LogP contribution in [0.5, 0.6) is 23.3 Å². The van der Waals surface area contributed by atoms with Gasteiger partial charge in [-0.05, 0) is 19.1 Å². The molecule has 2 N–H and O–H groups in total. The maximum Gasteiger partial charge on any atom is 0.411 e. The number of hydrogen-bond donors (Lipinski definition) is 2. The molecule has 0 aliphatic heterocycles. The van der Waals surface area contributed by atoms with Crippen molar-refractivity contribution in [1.29, 1.82) is 0 Å². The molecule has 1 aromatic carbocycles. The molecule has 11 nitrogen and oxygen atoms in total. The van der Waals surface area contributed by atoms with Gasteiger partial charge in [-0.15, -0.1) is 0 Å². The zero-order chi connectivity index (χ0) is 19.9. The van der Waals surface area contributed by atoms with E-state index in [1.807, 2.05) is 0 Å². The number of nitrogens with one attached hydrogen (secondary N) is 2. The molecule has 0 aliphatic carbocycles. The second-order valence-electron chi connectivity index (χ2n) is 4.75. The standard InChI is InChI=1S/C15H18N4O7S.Na/c1-4-25-10-7-5-6-8-11(10)26-27(21,22)19-15(20)18-14-16-12(23-2)9-13(17-14)24-3;/h5-9H,4H2,1-3H3,(H2,16,17,18,19,20);. The van der Waals surface area contributed by atoms with Crippen LogP contribution >= 0.6 is 0 Å². The minimum absolute atomic E-state index is 0. The number of anilines is 1. The Morgan fingerprint density at radius 3 is 2.18 bits per heavy atom. The Morgan fingerprint density at radius 2 is 1.64 bits per heavy atom. The van der Waals surface area contributed by atoms with Crippen LogP contribution in [0.3, 0.4) is 0 Å². The number of carbonyl (C=O) groups is 1. The maximum absolute atomic E-state index is 12.1. The van der Waals surface area contributed by atoms with Crippen molar-refractivity contribution < 1.29 is 31.6 Å². The normalized spacial score (nSPS) is 10.2. The van der Waals surface area contributed by atoms with Gasteiger partial charge in [0.15, 0.2) is 11.5 Å². The molecule has 2 rings (SSSR count). The van der Waals surface area contributed by atoms with Gasteiger partial charge in [0.1, 0.15) is 0 Å². The molecule has 13 heteroatoms. The van der Waals surface area contributed by atoms with Gasteiger partial charge in [-0.3, -0.25) is 5.32 Å². The molecule has 28 heavy (non-hydrogen) atoms. The van der Waals surface area contributed by atoms with Gasteiger partial charge in [0.25, 0.3) is 0 Å². The number of carbonyl (C=O) groups excluding carboxylic acids is 1. The van der Waals surface area contributed by atoms with Gasteiger partial charge in [0.05, 0.1) is 26.9 Å². The van der Waals surface area contributed by atoms with Gasteiger partial charge >= 0.3 is 16.3 Å². The van der Waals surface area contributed by atoms with Crippen LogP contribution < -0.4 is 28.4 Å². The molecule has 0 bridgehead atoms. The third-order valence-electron chi connectivity index (χ3n) is 2.89. The third-order valence-corrected chi connectivity index (χ3v) is 3.72. The third kappa shape index (κ3) is 7.03. The van der Waals surface area contributed by atoms with Gasteiger partial charge < -0.3 is 18.4 Å². The van der Waals surface area contributed by atoms with Crippen LogP contribution in [0.2, 0.25) is 0 Å². The number of amides is 2. The number of methoxy groups -OCH3 is 2. The van der Waals surface area contributed by atoms with E-state index in [0.29, 0.717) is 6.61 Å². The molecule has 1 radical (unpaired) electrons. The summed E-state index contributed by atoms with van der Waals surface area (Å²) in [6.45, 7) is 2.04. The molecule has 1 aromatic heterocycles. The van der Waals surface area contributed by atoms with E-state index in [1.54, 1.807) is 23.8 Å². The first-order valence-corrected chi connectivity index (χ1v) is 8.99. The fourth-order valence-electron chi connectivity index (χ4n) is 1.84. The summed E-state index contributed by atoms with van der Waals surface area (Å²) in [5.41, 5.74) is 0. The van der Waals surface area contributed by atoms with Crippen LogP contribution in [0.4, 0.5) is 10.7 Å². The molecular formula is C15H18N4NaO7S. The van der Waals surface area contributed by atoms with Crippen LogP contribution in [-0.4, -0.2) is 74.8 Å². The number of para-hydroxylation sites is 2. The maximum atomic E-state index is 12.1. The average molecular weight is 421 g/mol. The van der Waals surface area contributed by atoms with Gasteiger partial charge in [-0.1, -0.05) is 12.1 Å². The van der Waals surface area contributed by atoms with Gasteiger partial charge in [0, 0.05) is 29.6 Å². The first kappa shape index (κ1) is 23.8. The summed E-state index contributed by atoms with van der Waals surface area (Å²) in [6, 6.07) is 6.37. The smallest absolute Gasteiger partial charge is 0.411 e. The summed E-state index contributed by atoms with van der Waals surface area (Å²) >= 11 is 0. The van der Waals surface area contributed by atoms with Gasteiger partial charge in [-0.2, -0.15) is 18.4 Å². The molecule has 0 unspecified atom stereocenters. The predicted octanol–water partition coefficient (Wildman–Crippen LogP) is 0.957. The van der Waals surface area contributed by atoms with Crippen molar-refractivity contribution in [2.24, 2.45) is 0 Å². The van der Waals surface area contributed by atoms with E-state index in [1.165, 1.54) is 32.4 Å². The van der Waals surface area contributed by atoms with Crippen molar-refractivity contribution in [3.63, 3.8) is 0 Å². The number of hydrogen-bond acceptors (Lipinski definition) is 9. The zero-order valence-corrected chi connectivity index (χ0v) is 18.6. The van der Waals surface area contributed by atoms with E-state index in [-0.39, 0.29) is 58.8 Å². The first-order chi connectivity index (χ1) is 12.9. The molecule has 0 fully saturated rings. The van der Waals surface area contributed by atoms with E-state index in [9.17, 15) is 13.2 Å². The predicted molar refractivity (Wildman–Crippen MR) is 100 cm³/mol. The zero-order valence-electron chi connectivity index (χ0n) is 15.8. The Kier molecular flexibility index (Phi) is 9.25. The molecule has 0 spiro atoms. The molecule has 0 saturated carbocycles. The Hall–Kier alpha value is -2.28. The molecular weight excluding hydrogens is 403 g/mol. The average Bonchev–Trinajstić information content (AvgIpc) is 2.62. The summed E-state index contributed by atoms with van der Waals surface area (Å²) in [5.74, 6) is 0.142. The number of aromatic nitrogens is 2. The van der Waals surface area contributed by atoms with Crippen molar-refractivity contribution in [2.45, 2.75) is 6.92 Å². The number of rotatable bonds is 8. The number of nitrogens with zero attached hydrogens (tertiary/aromatic N) is 2. The Labute approximate surface area is 184 Å². The van der Waals surface area contributed by atoms with Gasteiger partial charge in [-0.25, -0.2) is 9.52 Å². The van der Waals surface area contributed by atoms with Crippen molar-refractivity contribution >= 4 is 51.8 Å². The summed E-state index contributed by atoms with van der Waals surface area (Å²) in [7, 11) is -1.76. The van der Waals surface area contributed by atoms with E-state index in [4.69, 9.17) is 18.4 Å². The second-order valence-corrected chi connectivity index (χ2v) is 6.03. The van der Waals surface area contributed by atoms with E-state index in [0.717, 1.165) is 0 Å². The van der Waals surface area contributed by atoms with Crippen LogP contribution in [0.1, 0.15) is 6.92 Å². The molecule has 2 aromatic rings. The fraction of sp³-hybridized carbons (Fsp3) is 0.267. The quantitative estimate of drug-likeness (QED) is 0.597. The van der Waals surface area contributed by atoms with Crippen LogP contribution in [-0.2, 0) is 10.3 Å². The number of ether oxygens (including phenoxy) is 3. The summed E-state index contributed by atoms with van der Waals surface area (Å²) < 4.78 is 45.8. The molecule has 1 heterocycles. The van der Waals surface area contributed by atoms with Crippen LogP contribution in [0.25, 0.3) is 0 Å². The second kappa shape index (κ2) is 10.9. The molecule has 2 amide bonds. The minimum Gasteiger partial charge on any atom is -0.490 e. The fourth-order valence-corrected chi connectivity index (χ4v) is 2.54. The molecule has 0 aliphatic rings. The Balaban J connectivity index is 0.00000392. The van der Waals surface area contributed by atoms with E-state index >= 15 is 0 Å². The molecule has 0 saturated heterocycles. The van der Waals surface area contributed by atoms with Crippen LogP contribution in [0.15, 0.2) is 30.3 Å². The molecule has 147 valence electrons. The number of urea groups is 1.